The van der Waals surface area contributed by atoms with Crippen LogP contribution in [0.15, 0.2) is 61.1 Å². The molecule has 29 heavy (non-hydrogen) atoms. The van der Waals surface area contributed by atoms with Crippen molar-refractivity contribution in [2.45, 2.75) is 0 Å². The topological polar surface area (TPSA) is 83.5 Å². The number of nitrogens with zero attached hydrogens (tertiary/aromatic N) is 5. The highest BCUT2D eigenvalue weighted by Crippen LogP contribution is 2.21. The highest BCUT2D eigenvalue weighted by molar-refractivity contribution is 5.89. The minimum absolute atomic E-state index is 0.356. The fourth-order valence-electron chi connectivity index (χ4n) is 3.25. The number of nitrogens with one attached hydrogen (secondary N) is 1. The number of hydrogen-bond acceptors (Lipinski definition) is 8. The van der Waals surface area contributed by atoms with Crippen LogP contribution in [-0.4, -0.2) is 54.2 Å². The van der Waals surface area contributed by atoms with E-state index >= 15 is 0 Å². The lowest BCUT2D eigenvalue weighted by molar-refractivity contribution is 0.0601. The van der Waals surface area contributed by atoms with Crippen molar-refractivity contribution < 1.29 is 9.53 Å². The van der Waals surface area contributed by atoms with Gasteiger partial charge < -0.3 is 19.9 Å². The summed E-state index contributed by atoms with van der Waals surface area (Å²) < 4.78 is 4.72. The van der Waals surface area contributed by atoms with Crippen molar-refractivity contribution in [1.29, 1.82) is 0 Å². The van der Waals surface area contributed by atoms with Gasteiger partial charge in [0, 0.05) is 44.1 Å². The van der Waals surface area contributed by atoms with Gasteiger partial charge in [0.1, 0.15) is 23.8 Å². The lowest BCUT2D eigenvalue weighted by Crippen LogP contribution is -2.47. The molecule has 0 bridgehead atoms. The molecule has 0 atom stereocenters. The molecule has 1 fully saturated rings. The Morgan fingerprint density at radius 3 is 2.31 bits per heavy atom. The van der Waals surface area contributed by atoms with E-state index in [0.29, 0.717) is 11.4 Å². The third-order valence-corrected chi connectivity index (χ3v) is 4.81. The molecular weight excluding hydrogens is 368 g/mol. The van der Waals surface area contributed by atoms with Gasteiger partial charge in [0.15, 0.2) is 0 Å². The first-order chi connectivity index (χ1) is 14.2. The van der Waals surface area contributed by atoms with Crippen LogP contribution in [0.1, 0.15) is 10.4 Å². The number of hydrogen-bond donors (Lipinski definition) is 1. The Morgan fingerprint density at radius 2 is 1.66 bits per heavy atom. The summed E-state index contributed by atoms with van der Waals surface area (Å²) in [4.78, 5) is 29.2. The molecule has 148 valence electrons. The standard InChI is InChI=1S/C21H22N6O2/c1-29-21(28)16-5-7-17(8-6-16)25-18-14-20(24-15-23-18)27-12-10-26(11-13-27)19-4-2-3-9-22-19/h2-9,14-15H,10-13H2,1H3,(H,23,24,25). The first-order valence-electron chi connectivity index (χ1n) is 9.41. The van der Waals surface area contributed by atoms with Gasteiger partial charge in [0.25, 0.3) is 0 Å². The molecule has 8 nitrogen and oxygen atoms in total. The van der Waals surface area contributed by atoms with Crippen LogP contribution >= 0.6 is 0 Å². The quantitative estimate of drug-likeness (QED) is 0.666. The summed E-state index contributed by atoms with van der Waals surface area (Å²) in [5.41, 5.74) is 1.34. The Bertz CT molecular complexity index is 956. The molecular formula is C21H22N6O2. The fourth-order valence-corrected chi connectivity index (χ4v) is 3.25. The van der Waals surface area contributed by atoms with E-state index in [9.17, 15) is 4.79 Å². The number of carbonyl (C=O) groups excluding carboxylic acids is 1. The molecule has 0 saturated carbocycles. The molecule has 0 aliphatic carbocycles. The average molecular weight is 390 g/mol. The first kappa shape index (κ1) is 18.7. The van der Waals surface area contributed by atoms with Crippen LogP contribution in [0, 0.1) is 0 Å². The maximum Gasteiger partial charge on any atom is 0.337 e. The van der Waals surface area contributed by atoms with Crippen molar-refractivity contribution in [3.05, 3.63) is 66.6 Å². The molecule has 8 heteroatoms. The Morgan fingerprint density at radius 1 is 0.931 bits per heavy atom. The molecule has 0 spiro atoms. The van der Waals surface area contributed by atoms with E-state index in [0.717, 1.165) is 43.5 Å². The SMILES string of the molecule is COC(=O)c1ccc(Nc2cc(N3CCN(c4ccccn4)CC3)ncn2)cc1. The summed E-state index contributed by atoms with van der Waals surface area (Å²) in [6.07, 6.45) is 3.38. The molecule has 3 heterocycles. The molecule has 1 aliphatic rings. The number of pyridine rings is 1. The Kier molecular flexibility index (Phi) is 5.51. The second-order valence-electron chi connectivity index (χ2n) is 6.62. The summed E-state index contributed by atoms with van der Waals surface area (Å²) in [6, 6.07) is 15.0. The van der Waals surface area contributed by atoms with Crippen LogP contribution in [0.2, 0.25) is 0 Å². The zero-order chi connectivity index (χ0) is 20.1. The summed E-state index contributed by atoms with van der Waals surface area (Å²) >= 11 is 0. The Hall–Kier alpha value is -3.68. The molecule has 0 unspecified atom stereocenters. The normalized spacial score (nSPS) is 13.8. The van der Waals surface area contributed by atoms with Crippen molar-refractivity contribution in [2.75, 3.05) is 48.4 Å². The zero-order valence-corrected chi connectivity index (χ0v) is 16.2. The summed E-state index contributed by atoms with van der Waals surface area (Å²) in [5.74, 6) is 2.24. The molecule has 1 aromatic carbocycles. The van der Waals surface area contributed by atoms with Gasteiger partial charge >= 0.3 is 5.97 Å². The van der Waals surface area contributed by atoms with Crippen LogP contribution in [0.4, 0.5) is 23.1 Å². The monoisotopic (exact) mass is 390 g/mol. The van der Waals surface area contributed by atoms with E-state index in [-0.39, 0.29) is 5.97 Å². The predicted octanol–water partition coefficient (Wildman–Crippen LogP) is 2.73. The van der Waals surface area contributed by atoms with Gasteiger partial charge in [-0.2, -0.15) is 0 Å². The number of piperazine rings is 1. The van der Waals surface area contributed by atoms with Crippen LogP contribution in [0.5, 0.6) is 0 Å². The average Bonchev–Trinajstić information content (AvgIpc) is 2.80. The van der Waals surface area contributed by atoms with Crippen LogP contribution in [0.3, 0.4) is 0 Å². The van der Waals surface area contributed by atoms with Gasteiger partial charge in [-0.25, -0.2) is 19.7 Å². The van der Waals surface area contributed by atoms with Crippen LogP contribution in [-0.2, 0) is 4.74 Å². The number of anilines is 4. The molecule has 1 saturated heterocycles. The number of ether oxygens (including phenoxy) is 1. The summed E-state index contributed by atoms with van der Waals surface area (Å²) in [7, 11) is 1.37. The summed E-state index contributed by atoms with van der Waals surface area (Å²) in [6.45, 7) is 3.50. The van der Waals surface area contributed by atoms with Gasteiger partial charge in [0.05, 0.1) is 12.7 Å². The van der Waals surface area contributed by atoms with E-state index in [2.05, 4.69) is 30.1 Å². The summed E-state index contributed by atoms with van der Waals surface area (Å²) in [5, 5.41) is 3.25. The van der Waals surface area contributed by atoms with Crippen molar-refractivity contribution in [1.82, 2.24) is 15.0 Å². The minimum atomic E-state index is -0.356. The Labute approximate surface area is 169 Å². The lowest BCUT2D eigenvalue weighted by Gasteiger charge is -2.36. The third-order valence-electron chi connectivity index (χ3n) is 4.81. The second kappa shape index (κ2) is 8.55. The van der Waals surface area contributed by atoms with E-state index in [1.165, 1.54) is 7.11 Å². The van der Waals surface area contributed by atoms with Gasteiger partial charge in [-0.15, -0.1) is 0 Å². The van der Waals surface area contributed by atoms with Gasteiger partial charge in [-0.05, 0) is 36.4 Å². The molecule has 0 amide bonds. The molecule has 4 rings (SSSR count). The van der Waals surface area contributed by atoms with Gasteiger partial charge in [-0.3, -0.25) is 0 Å². The van der Waals surface area contributed by atoms with Crippen molar-refractivity contribution >= 4 is 29.1 Å². The molecule has 2 aromatic heterocycles. The van der Waals surface area contributed by atoms with E-state index in [1.54, 1.807) is 18.5 Å². The number of aromatic nitrogens is 3. The second-order valence-corrected chi connectivity index (χ2v) is 6.62. The van der Waals surface area contributed by atoms with Crippen molar-refractivity contribution in [2.24, 2.45) is 0 Å². The number of esters is 1. The molecule has 1 N–H and O–H groups in total. The zero-order valence-electron chi connectivity index (χ0n) is 16.2. The van der Waals surface area contributed by atoms with Crippen LogP contribution < -0.4 is 15.1 Å². The number of benzene rings is 1. The van der Waals surface area contributed by atoms with Gasteiger partial charge in [0.2, 0.25) is 0 Å². The minimum Gasteiger partial charge on any atom is -0.465 e. The number of carbonyl (C=O) groups is 1. The van der Waals surface area contributed by atoms with Gasteiger partial charge in [-0.1, -0.05) is 6.07 Å². The highest BCUT2D eigenvalue weighted by atomic mass is 16.5. The Balaban J connectivity index is 1.39. The highest BCUT2D eigenvalue weighted by Gasteiger charge is 2.19. The fraction of sp³-hybridized carbons (Fsp3) is 0.238. The molecule has 3 aromatic rings. The molecule has 0 radical (unpaired) electrons. The first-order valence-corrected chi connectivity index (χ1v) is 9.41. The smallest absolute Gasteiger partial charge is 0.337 e. The van der Waals surface area contributed by atoms with E-state index in [4.69, 9.17) is 4.74 Å². The van der Waals surface area contributed by atoms with Crippen molar-refractivity contribution in [3.63, 3.8) is 0 Å². The van der Waals surface area contributed by atoms with Crippen molar-refractivity contribution in [3.8, 4) is 0 Å². The largest absolute Gasteiger partial charge is 0.465 e. The van der Waals surface area contributed by atoms with E-state index in [1.807, 2.05) is 42.6 Å². The van der Waals surface area contributed by atoms with E-state index < -0.39 is 0 Å². The number of methoxy groups -OCH3 is 1. The third kappa shape index (κ3) is 4.43. The predicted molar refractivity (Wildman–Crippen MR) is 112 cm³/mol. The maximum atomic E-state index is 11.5. The lowest BCUT2D eigenvalue weighted by atomic mass is 10.2. The number of rotatable bonds is 5. The van der Waals surface area contributed by atoms with Crippen LogP contribution in [0.25, 0.3) is 0 Å². The maximum absolute atomic E-state index is 11.5. The molecule has 1 aliphatic heterocycles.